The van der Waals surface area contributed by atoms with Crippen LogP contribution in [-0.2, 0) is 0 Å². The van der Waals surface area contributed by atoms with Crippen LogP contribution < -0.4 is 0 Å². The van der Waals surface area contributed by atoms with E-state index in [1.807, 2.05) is 0 Å². The molecule has 0 fully saturated rings. The van der Waals surface area contributed by atoms with Crippen LogP contribution >= 0.6 is 0 Å². The number of hydrogen-bond donors (Lipinski definition) is 0. The number of hydrogen-bond acceptors (Lipinski definition) is 0. The summed E-state index contributed by atoms with van der Waals surface area (Å²) in [5, 5.41) is 17.7. The first kappa shape index (κ1) is 32.7. The fourth-order valence-electron chi connectivity index (χ4n) is 9.66. The summed E-state index contributed by atoms with van der Waals surface area (Å²) < 4.78 is 0. The summed E-state index contributed by atoms with van der Waals surface area (Å²) >= 11 is 0. The molecule has 0 aliphatic rings. The highest BCUT2D eigenvalue weighted by atomic mass is 14.2. The third kappa shape index (κ3) is 5.16. The van der Waals surface area contributed by atoms with Crippen LogP contribution in [0.1, 0.15) is 0 Å². The first-order valence-electron chi connectivity index (χ1n) is 20.2. The van der Waals surface area contributed by atoms with Crippen LogP contribution in [-0.4, -0.2) is 0 Å². The summed E-state index contributed by atoms with van der Waals surface area (Å²) in [6, 6.07) is 81.1. The Labute approximate surface area is 336 Å². The zero-order valence-electron chi connectivity index (χ0n) is 31.8. The second-order valence-electron chi connectivity index (χ2n) is 15.6. The first-order chi connectivity index (χ1) is 28.7. The van der Waals surface area contributed by atoms with Crippen molar-refractivity contribution in [1.82, 2.24) is 0 Å². The van der Waals surface area contributed by atoms with E-state index in [1.54, 1.807) is 0 Å². The van der Waals surface area contributed by atoms with E-state index in [2.05, 4.69) is 218 Å². The molecule has 0 aliphatic carbocycles. The van der Waals surface area contributed by atoms with Gasteiger partial charge in [0, 0.05) is 0 Å². The molecule has 0 saturated heterocycles. The van der Waals surface area contributed by atoms with Crippen LogP contribution in [0.4, 0.5) is 0 Å². The Balaban J connectivity index is 1.15. The lowest BCUT2D eigenvalue weighted by Gasteiger charge is -2.19. The molecule has 12 rings (SSSR count). The van der Waals surface area contributed by atoms with Crippen molar-refractivity contribution in [3.8, 4) is 44.5 Å². The molecule has 58 heavy (non-hydrogen) atoms. The first-order valence-corrected chi connectivity index (χ1v) is 20.2. The van der Waals surface area contributed by atoms with Gasteiger partial charge in [-0.15, -0.1) is 0 Å². The normalized spacial score (nSPS) is 11.8. The second-order valence-corrected chi connectivity index (χ2v) is 15.6. The van der Waals surface area contributed by atoms with Crippen molar-refractivity contribution in [3.63, 3.8) is 0 Å². The molecule has 0 saturated carbocycles. The smallest absolute Gasteiger partial charge is 0.00259 e. The Morgan fingerprint density at radius 1 is 0.155 bits per heavy atom. The van der Waals surface area contributed by atoms with E-state index in [-0.39, 0.29) is 0 Å². The molecule has 0 bridgehead atoms. The standard InChI is InChI=1S/C58H36/c1-3-15-39-31-41(27-25-37(39)13-1)44-33-45(42-29-30-51-49-19-6-5-17-47(49)48-18-7-8-20-50(48)56(51)36-42)35-46(34-44)58-54-23-11-9-21-52(54)57(53-22-10-12-24-55(53)58)43-28-26-38-14-2-4-16-40(38)32-43/h1-36H. The predicted octanol–water partition coefficient (Wildman–Crippen LogP) is 16.4. The van der Waals surface area contributed by atoms with Gasteiger partial charge >= 0.3 is 0 Å². The van der Waals surface area contributed by atoms with Crippen molar-refractivity contribution < 1.29 is 0 Å². The molecule has 0 spiro atoms. The minimum atomic E-state index is 1.20. The van der Waals surface area contributed by atoms with Crippen molar-refractivity contribution in [2.75, 3.05) is 0 Å². The van der Waals surface area contributed by atoms with Gasteiger partial charge in [-0.2, -0.15) is 0 Å². The predicted molar refractivity (Wildman–Crippen MR) is 251 cm³/mol. The monoisotopic (exact) mass is 732 g/mol. The van der Waals surface area contributed by atoms with Crippen LogP contribution in [0, 0.1) is 0 Å². The molecule has 0 aromatic heterocycles. The molecule has 0 nitrogen and oxygen atoms in total. The third-order valence-electron chi connectivity index (χ3n) is 12.4. The lowest BCUT2D eigenvalue weighted by Crippen LogP contribution is -1.92. The Hall–Kier alpha value is -7.54. The summed E-state index contributed by atoms with van der Waals surface area (Å²) in [6.45, 7) is 0. The largest absolute Gasteiger partial charge is 0.0616 e. The second kappa shape index (κ2) is 13.0. The van der Waals surface area contributed by atoms with Gasteiger partial charge < -0.3 is 0 Å². The van der Waals surface area contributed by atoms with Gasteiger partial charge in [0.05, 0.1) is 0 Å². The van der Waals surface area contributed by atoms with Gasteiger partial charge in [0.15, 0.2) is 0 Å². The maximum absolute atomic E-state index is 2.43. The van der Waals surface area contributed by atoms with Gasteiger partial charge in [0.25, 0.3) is 0 Å². The highest BCUT2D eigenvalue weighted by molar-refractivity contribution is 6.26. The van der Waals surface area contributed by atoms with Crippen molar-refractivity contribution in [3.05, 3.63) is 218 Å². The Morgan fingerprint density at radius 2 is 0.483 bits per heavy atom. The quantitative estimate of drug-likeness (QED) is 0.125. The fourth-order valence-corrected chi connectivity index (χ4v) is 9.66. The molecule has 0 amide bonds. The van der Waals surface area contributed by atoms with E-state index < -0.39 is 0 Å². The molecule has 0 radical (unpaired) electrons. The average Bonchev–Trinajstić information content (AvgIpc) is 3.30. The van der Waals surface area contributed by atoms with Crippen molar-refractivity contribution in [2.45, 2.75) is 0 Å². The molecule has 12 aromatic carbocycles. The van der Waals surface area contributed by atoms with Gasteiger partial charge in [-0.25, -0.2) is 0 Å². The van der Waals surface area contributed by atoms with Crippen LogP contribution in [0.2, 0.25) is 0 Å². The van der Waals surface area contributed by atoms with Gasteiger partial charge in [-0.3, -0.25) is 0 Å². The maximum Gasteiger partial charge on any atom is -0.00259 e. The molecule has 12 aromatic rings. The minimum absolute atomic E-state index is 1.20. The van der Waals surface area contributed by atoms with E-state index in [0.29, 0.717) is 0 Å². The summed E-state index contributed by atoms with van der Waals surface area (Å²) in [7, 11) is 0. The summed E-state index contributed by atoms with van der Waals surface area (Å²) in [6.07, 6.45) is 0. The van der Waals surface area contributed by atoms with Gasteiger partial charge in [-0.05, 0) is 156 Å². The van der Waals surface area contributed by atoms with Gasteiger partial charge in [0.1, 0.15) is 0 Å². The molecule has 0 aliphatic heterocycles. The van der Waals surface area contributed by atoms with E-state index in [0.717, 1.165) is 0 Å². The topological polar surface area (TPSA) is 0 Å². The fraction of sp³-hybridized carbons (Fsp3) is 0. The van der Waals surface area contributed by atoms with Gasteiger partial charge in [-0.1, -0.05) is 182 Å². The van der Waals surface area contributed by atoms with Crippen molar-refractivity contribution >= 4 is 75.4 Å². The summed E-state index contributed by atoms with van der Waals surface area (Å²) in [4.78, 5) is 0. The number of benzene rings is 12. The molecule has 0 heteroatoms. The molecule has 0 unspecified atom stereocenters. The van der Waals surface area contributed by atoms with Gasteiger partial charge in [0.2, 0.25) is 0 Å². The third-order valence-corrected chi connectivity index (χ3v) is 12.4. The average molecular weight is 733 g/mol. The van der Waals surface area contributed by atoms with Crippen LogP contribution in [0.5, 0.6) is 0 Å². The van der Waals surface area contributed by atoms with Crippen LogP contribution in [0.25, 0.3) is 120 Å². The lowest BCUT2D eigenvalue weighted by atomic mass is 9.84. The molecule has 0 atom stereocenters. The minimum Gasteiger partial charge on any atom is -0.0616 e. The van der Waals surface area contributed by atoms with E-state index >= 15 is 0 Å². The van der Waals surface area contributed by atoms with Crippen molar-refractivity contribution in [2.24, 2.45) is 0 Å². The highest BCUT2D eigenvalue weighted by Crippen LogP contribution is 2.46. The van der Waals surface area contributed by atoms with Crippen molar-refractivity contribution in [1.29, 1.82) is 0 Å². The maximum atomic E-state index is 2.43. The number of rotatable bonds is 4. The molecule has 0 heterocycles. The molecular formula is C58H36. The highest BCUT2D eigenvalue weighted by Gasteiger charge is 2.19. The van der Waals surface area contributed by atoms with Crippen LogP contribution in [0.3, 0.4) is 0 Å². The summed E-state index contributed by atoms with van der Waals surface area (Å²) in [5.74, 6) is 0. The van der Waals surface area contributed by atoms with E-state index in [9.17, 15) is 0 Å². The zero-order chi connectivity index (χ0) is 38.2. The van der Waals surface area contributed by atoms with Crippen LogP contribution in [0.15, 0.2) is 218 Å². The Morgan fingerprint density at radius 3 is 1.00 bits per heavy atom. The Kier molecular flexibility index (Phi) is 7.33. The number of fused-ring (bicyclic) bond motifs is 10. The molecule has 0 N–H and O–H groups in total. The lowest BCUT2D eigenvalue weighted by molar-refractivity contribution is 1.60. The molecule has 268 valence electrons. The Bertz CT molecular complexity index is 3530. The van der Waals surface area contributed by atoms with E-state index in [1.165, 1.54) is 120 Å². The SMILES string of the molecule is c1ccc2cc(-c3cc(-c4ccc5c6ccccc6c6ccccc6c5c4)cc(-c4c5ccccc5c(-c5ccc6ccccc6c5)c5ccccc45)c3)ccc2c1. The zero-order valence-corrected chi connectivity index (χ0v) is 31.8. The molecular weight excluding hydrogens is 697 g/mol. The van der Waals surface area contributed by atoms with E-state index in [4.69, 9.17) is 0 Å². The summed E-state index contributed by atoms with van der Waals surface area (Å²) in [5.41, 5.74) is 9.80.